The number of allylic oxidation sites excluding steroid dienone is 1. The van der Waals surface area contributed by atoms with Crippen molar-refractivity contribution in [2.24, 2.45) is 0 Å². The topological polar surface area (TPSA) is 73.3 Å². The van der Waals surface area contributed by atoms with Gasteiger partial charge >= 0.3 is 0 Å². The second-order valence-corrected chi connectivity index (χ2v) is 6.75. The summed E-state index contributed by atoms with van der Waals surface area (Å²) in [7, 11) is 3.17. The number of hydrogen-bond donors (Lipinski definition) is 1. The van der Waals surface area contributed by atoms with Crippen LogP contribution in [0.25, 0.3) is 17.0 Å². The van der Waals surface area contributed by atoms with Crippen LogP contribution in [0.4, 0.5) is 11.5 Å². The normalized spacial score (nSPS) is 10.9. The van der Waals surface area contributed by atoms with E-state index in [-0.39, 0.29) is 5.78 Å². The number of hydrogen-bond acceptors (Lipinski definition) is 6. The second-order valence-electron chi connectivity index (χ2n) is 6.75. The fourth-order valence-electron chi connectivity index (χ4n) is 3.18. The smallest absolute Gasteiger partial charge is 0.185 e. The molecular weight excluding hydrogens is 390 g/mol. The Morgan fingerprint density at radius 1 is 0.903 bits per heavy atom. The average molecular weight is 411 g/mol. The van der Waals surface area contributed by atoms with Crippen LogP contribution in [-0.4, -0.2) is 30.0 Å². The predicted octanol–water partition coefficient (Wildman–Crippen LogP) is 5.29. The highest BCUT2D eigenvalue weighted by Gasteiger charge is 2.06. The Labute approximate surface area is 180 Å². The Hall–Kier alpha value is -4.19. The highest BCUT2D eigenvalue weighted by atomic mass is 16.5. The van der Waals surface area contributed by atoms with Crippen molar-refractivity contribution < 1.29 is 14.3 Å². The third kappa shape index (κ3) is 4.53. The first-order valence-corrected chi connectivity index (χ1v) is 9.69. The molecule has 4 rings (SSSR count). The van der Waals surface area contributed by atoms with Crippen LogP contribution in [0.15, 0.2) is 79.1 Å². The minimum Gasteiger partial charge on any atom is -0.493 e. The van der Waals surface area contributed by atoms with Gasteiger partial charge < -0.3 is 14.8 Å². The number of nitrogens with zero attached hydrogens (tertiary/aromatic N) is 2. The molecule has 154 valence electrons. The summed E-state index contributed by atoms with van der Waals surface area (Å²) in [5, 5.41) is 4.22. The Kier molecular flexibility index (Phi) is 5.89. The van der Waals surface area contributed by atoms with Crippen molar-refractivity contribution in [2.75, 3.05) is 19.5 Å². The molecule has 0 aliphatic carbocycles. The maximum absolute atomic E-state index is 12.6. The van der Waals surface area contributed by atoms with Crippen LogP contribution in [0.2, 0.25) is 0 Å². The monoisotopic (exact) mass is 411 g/mol. The van der Waals surface area contributed by atoms with E-state index >= 15 is 0 Å². The van der Waals surface area contributed by atoms with Crippen LogP contribution >= 0.6 is 0 Å². The maximum Gasteiger partial charge on any atom is 0.185 e. The highest BCUT2D eigenvalue weighted by molar-refractivity contribution is 6.07. The molecule has 1 N–H and O–H groups in total. The summed E-state index contributed by atoms with van der Waals surface area (Å²) in [5.41, 5.74) is 3.14. The number of ketones is 1. The number of para-hydroxylation sites is 1. The van der Waals surface area contributed by atoms with Crippen molar-refractivity contribution >= 4 is 34.3 Å². The molecule has 6 heteroatoms. The molecule has 31 heavy (non-hydrogen) atoms. The molecule has 1 heterocycles. The SMILES string of the molecule is COc1ccc(/C=C/C(=O)c2ccc(Nc3ncnc4ccccc34)cc2)cc1OC. The molecule has 0 fully saturated rings. The number of carbonyl (C=O) groups excluding carboxylic acids is 1. The largest absolute Gasteiger partial charge is 0.493 e. The maximum atomic E-state index is 12.6. The lowest BCUT2D eigenvalue weighted by Gasteiger charge is -2.08. The molecule has 1 aromatic heterocycles. The lowest BCUT2D eigenvalue weighted by molar-refractivity contribution is 0.104. The Morgan fingerprint density at radius 2 is 1.68 bits per heavy atom. The summed E-state index contributed by atoms with van der Waals surface area (Å²) in [6, 6.07) is 20.6. The van der Waals surface area contributed by atoms with Crippen LogP contribution < -0.4 is 14.8 Å². The van der Waals surface area contributed by atoms with Crippen molar-refractivity contribution in [2.45, 2.75) is 0 Å². The predicted molar refractivity (Wildman–Crippen MR) is 122 cm³/mol. The van der Waals surface area contributed by atoms with Gasteiger partial charge in [-0.15, -0.1) is 0 Å². The molecule has 0 aliphatic heterocycles. The fraction of sp³-hybridized carbons (Fsp3) is 0.0800. The molecule has 0 saturated heterocycles. The van der Waals surface area contributed by atoms with E-state index < -0.39 is 0 Å². The number of methoxy groups -OCH3 is 2. The van der Waals surface area contributed by atoms with Crippen LogP contribution in [0, 0.1) is 0 Å². The zero-order chi connectivity index (χ0) is 21.6. The molecular formula is C25H21N3O3. The molecule has 0 radical (unpaired) electrons. The summed E-state index contributed by atoms with van der Waals surface area (Å²) >= 11 is 0. The third-order valence-corrected chi connectivity index (χ3v) is 4.81. The van der Waals surface area contributed by atoms with Gasteiger partial charge in [0.05, 0.1) is 19.7 Å². The Bertz CT molecular complexity index is 1250. The van der Waals surface area contributed by atoms with Gasteiger partial charge in [-0.3, -0.25) is 4.79 Å². The quantitative estimate of drug-likeness (QED) is 0.329. The average Bonchev–Trinajstić information content (AvgIpc) is 2.83. The number of benzene rings is 3. The van der Waals surface area contributed by atoms with Crippen molar-refractivity contribution in [1.82, 2.24) is 9.97 Å². The summed E-state index contributed by atoms with van der Waals surface area (Å²) < 4.78 is 10.5. The number of rotatable bonds is 7. The molecule has 0 atom stereocenters. The van der Waals surface area contributed by atoms with Gasteiger partial charge in [-0.2, -0.15) is 0 Å². The Morgan fingerprint density at radius 3 is 2.45 bits per heavy atom. The van der Waals surface area contributed by atoms with Crippen LogP contribution in [0.1, 0.15) is 15.9 Å². The van der Waals surface area contributed by atoms with Gasteiger partial charge in [0, 0.05) is 16.6 Å². The molecule has 0 bridgehead atoms. The van der Waals surface area contributed by atoms with E-state index in [1.165, 1.54) is 6.33 Å². The first-order chi connectivity index (χ1) is 15.2. The van der Waals surface area contributed by atoms with Crippen molar-refractivity contribution in [3.05, 3.63) is 90.3 Å². The summed E-state index contributed by atoms with van der Waals surface area (Å²) in [6.45, 7) is 0. The first kappa shape index (κ1) is 20.1. The summed E-state index contributed by atoms with van der Waals surface area (Å²) in [6.07, 6.45) is 4.83. The lowest BCUT2D eigenvalue weighted by atomic mass is 10.1. The number of ether oxygens (including phenoxy) is 2. The van der Waals surface area contributed by atoms with Crippen molar-refractivity contribution in [1.29, 1.82) is 0 Å². The van der Waals surface area contributed by atoms with E-state index in [4.69, 9.17) is 9.47 Å². The number of aromatic nitrogens is 2. The van der Waals surface area contributed by atoms with Gasteiger partial charge in [-0.25, -0.2) is 9.97 Å². The van der Waals surface area contributed by atoms with Gasteiger partial charge in [-0.1, -0.05) is 24.3 Å². The van der Waals surface area contributed by atoms with Gasteiger partial charge in [0.1, 0.15) is 12.1 Å². The Balaban J connectivity index is 1.47. The van der Waals surface area contributed by atoms with Crippen LogP contribution in [-0.2, 0) is 0 Å². The molecule has 4 aromatic rings. The van der Waals surface area contributed by atoms with Gasteiger partial charge in [0.15, 0.2) is 17.3 Å². The van der Waals surface area contributed by atoms with E-state index in [0.29, 0.717) is 17.1 Å². The molecule has 3 aromatic carbocycles. The summed E-state index contributed by atoms with van der Waals surface area (Å²) in [5.74, 6) is 1.89. The van der Waals surface area contributed by atoms with Crippen LogP contribution in [0.5, 0.6) is 11.5 Å². The van der Waals surface area contributed by atoms with Gasteiger partial charge in [0.25, 0.3) is 0 Å². The first-order valence-electron chi connectivity index (χ1n) is 9.69. The molecule has 0 aliphatic rings. The van der Waals surface area contributed by atoms with E-state index in [9.17, 15) is 4.79 Å². The number of carbonyl (C=O) groups is 1. The van der Waals surface area contributed by atoms with E-state index in [1.807, 2.05) is 48.5 Å². The van der Waals surface area contributed by atoms with Gasteiger partial charge in [0.2, 0.25) is 0 Å². The summed E-state index contributed by atoms with van der Waals surface area (Å²) in [4.78, 5) is 21.2. The standard InChI is InChI=1S/C25H21N3O3/c1-30-23-14-8-17(15-24(23)31-2)7-13-22(29)18-9-11-19(12-10-18)28-25-20-5-3-4-6-21(20)26-16-27-25/h3-16H,1-2H3,(H,26,27,28)/b13-7+. The molecule has 6 nitrogen and oxygen atoms in total. The number of fused-ring (bicyclic) bond motifs is 1. The molecule has 0 unspecified atom stereocenters. The second kappa shape index (κ2) is 9.09. The third-order valence-electron chi connectivity index (χ3n) is 4.81. The highest BCUT2D eigenvalue weighted by Crippen LogP contribution is 2.28. The minimum absolute atomic E-state index is 0.0891. The molecule has 0 saturated carbocycles. The van der Waals surface area contributed by atoms with E-state index in [1.54, 1.807) is 44.6 Å². The fourth-order valence-corrected chi connectivity index (χ4v) is 3.18. The van der Waals surface area contributed by atoms with E-state index in [2.05, 4.69) is 15.3 Å². The lowest BCUT2D eigenvalue weighted by Crippen LogP contribution is -1.98. The van der Waals surface area contributed by atoms with Gasteiger partial charge in [-0.05, 0) is 60.2 Å². The van der Waals surface area contributed by atoms with Crippen molar-refractivity contribution in [3.8, 4) is 11.5 Å². The molecule has 0 amide bonds. The van der Waals surface area contributed by atoms with Crippen LogP contribution in [0.3, 0.4) is 0 Å². The van der Waals surface area contributed by atoms with E-state index in [0.717, 1.165) is 28.0 Å². The zero-order valence-corrected chi connectivity index (χ0v) is 17.2. The molecule has 0 spiro atoms. The minimum atomic E-state index is -0.0891. The number of anilines is 2. The number of nitrogens with one attached hydrogen (secondary N) is 1. The zero-order valence-electron chi connectivity index (χ0n) is 17.2. The van der Waals surface area contributed by atoms with Crippen molar-refractivity contribution in [3.63, 3.8) is 0 Å².